The highest BCUT2D eigenvalue weighted by molar-refractivity contribution is 7.19. The predicted octanol–water partition coefficient (Wildman–Crippen LogP) is 1.26. The number of nitrogens with two attached hydrogens (primary N) is 1. The quantitative estimate of drug-likeness (QED) is 0.434. The Balaban J connectivity index is 1.55. The van der Waals surface area contributed by atoms with Crippen LogP contribution in [0.15, 0.2) is 28.6 Å². The molecule has 3 N–H and O–H groups in total. The van der Waals surface area contributed by atoms with Crippen molar-refractivity contribution in [1.82, 2.24) is 34.5 Å². The lowest BCUT2D eigenvalue weighted by Gasteiger charge is -2.03. The molecule has 0 aliphatic heterocycles. The standard InChI is InChI=1S/C17H14N8O2S2/c1-24-13-9(14-16(24)22-11(29-14)4-8-2-3-19-23-8)5-20-25(17(13)27)6-12-21-10(7-28-12)15(18)26/h2-3,5,7H,4,6H2,1H3,(H2,18,26)(H,19,23). The van der Waals surface area contributed by atoms with Gasteiger partial charge in [-0.05, 0) is 6.07 Å². The van der Waals surface area contributed by atoms with E-state index in [0.29, 0.717) is 16.9 Å². The van der Waals surface area contributed by atoms with Crippen LogP contribution in [0, 0.1) is 0 Å². The molecule has 12 heteroatoms. The molecule has 146 valence electrons. The van der Waals surface area contributed by atoms with Crippen molar-refractivity contribution in [2.45, 2.75) is 13.0 Å². The van der Waals surface area contributed by atoms with Gasteiger partial charge in [-0.1, -0.05) is 0 Å². The van der Waals surface area contributed by atoms with Gasteiger partial charge in [0.15, 0.2) is 5.65 Å². The number of amides is 1. The molecule has 0 atom stereocenters. The Bertz CT molecular complexity index is 1420. The fourth-order valence-electron chi connectivity index (χ4n) is 3.19. The fraction of sp³-hybridized carbons (Fsp3) is 0.176. The first-order chi connectivity index (χ1) is 14.0. The molecule has 0 aliphatic carbocycles. The number of aryl methyl sites for hydroxylation is 1. The van der Waals surface area contributed by atoms with Crippen LogP contribution in [0.3, 0.4) is 0 Å². The van der Waals surface area contributed by atoms with Gasteiger partial charge < -0.3 is 10.3 Å². The Morgan fingerprint density at radius 3 is 2.90 bits per heavy atom. The molecule has 0 unspecified atom stereocenters. The maximum Gasteiger partial charge on any atom is 0.291 e. The number of hydrogen-bond acceptors (Lipinski definition) is 8. The second-order valence-electron chi connectivity index (χ2n) is 6.44. The van der Waals surface area contributed by atoms with E-state index in [1.165, 1.54) is 16.0 Å². The molecule has 29 heavy (non-hydrogen) atoms. The second kappa shape index (κ2) is 6.60. The minimum Gasteiger partial charge on any atom is -0.364 e. The average molecular weight is 426 g/mol. The lowest BCUT2D eigenvalue weighted by atomic mass is 10.3. The Hall–Kier alpha value is -3.38. The number of nitrogens with zero attached hydrogens (tertiary/aromatic N) is 6. The number of carbonyl (C=O) groups is 1. The summed E-state index contributed by atoms with van der Waals surface area (Å²) in [5, 5.41) is 15.1. The van der Waals surface area contributed by atoms with E-state index in [2.05, 4.69) is 20.3 Å². The van der Waals surface area contributed by atoms with Gasteiger partial charge in [0.2, 0.25) is 0 Å². The number of thiazole rings is 2. The van der Waals surface area contributed by atoms with Crippen LogP contribution >= 0.6 is 22.7 Å². The summed E-state index contributed by atoms with van der Waals surface area (Å²) in [4.78, 5) is 33.1. The highest BCUT2D eigenvalue weighted by Crippen LogP contribution is 2.31. The van der Waals surface area contributed by atoms with E-state index in [9.17, 15) is 9.59 Å². The third kappa shape index (κ3) is 2.93. The zero-order chi connectivity index (χ0) is 20.1. The molecule has 5 heterocycles. The van der Waals surface area contributed by atoms with E-state index in [-0.39, 0.29) is 17.8 Å². The lowest BCUT2D eigenvalue weighted by molar-refractivity contribution is 0.0996. The number of rotatable bonds is 5. The molecule has 0 spiro atoms. The second-order valence-corrected chi connectivity index (χ2v) is 8.46. The van der Waals surface area contributed by atoms with E-state index in [1.807, 2.05) is 13.1 Å². The molecule has 0 aliphatic rings. The van der Waals surface area contributed by atoms with E-state index >= 15 is 0 Å². The number of aromatic amines is 1. The minimum absolute atomic E-state index is 0.171. The summed E-state index contributed by atoms with van der Waals surface area (Å²) in [6, 6.07) is 1.91. The Morgan fingerprint density at radius 1 is 1.31 bits per heavy atom. The van der Waals surface area contributed by atoms with Gasteiger partial charge in [0.05, 0.1) is 17.4 Å². The lowest BCUT2D eigenvalue weighted by Crippen LogP contribution is -2.24. The molecule has 5 aromatic heterocycles. The largest absolute Gasteiger partial charge is 0.364 e. The van der Waals surface area contributed by atoms with E-state index in [1.54, 1.807) is 33.7 Å². The molecule has 0 fully saturated rings. The SMILES string of the molecule is Cn1c2nc(Cc3ccn[nH]3)sc2c2cnn(Cc3nc(C(N)=O)cs3)c(=O)c21. The highest BCUT2D eigenvalue weighted by Gasteiger charge is 2.19. The molecule has 0 aromatic carbocycles. The van der Waals surface area contributed by atoms with Crippen LogP contribution in [0.5, 0.6) is 0 Å². The zero-order valence-electron chi connectivity index (χ0n) is 15.1. The van der Waals surface area contributed by atoms with Gasteiger partial charge in [0.25, 0.3) is 11.5 Å². The van der Waals surface area contributed by atoms with Crippen LogP contribution in [0.2, 0.25) is 0 Å². The van der Waals surface area contributed by atoms with Gasteiger partial charge >= 0.3 is 0 Å². The summed E-state index contributed by atoms with van der Waals surface area (Å²) in [5.74, 6) is -0.595. The number of nitrogens with one attached hydrogen (secondary N) is 1. The molecule has 1 amide bonds. The summed E-state index contributed by atoms with van der Waals surface area (Å²) >= 11 is 2.81. The monoisotopic (exact) mass is 426 g/mol. The summed E-state index contributed by atoms with van der Waals surface area (Å²) in [6.07, 6.45) is 4.04. The normalized spacial score (nSPS) is 11.6. The smallest absolute Gasteiger partial charge is 0.291 e. The molecule has 0 radical (unpaired) electrons. The van der Waals surface area contributed by atoms with Crippen molar-refractivity contribution in [3.8, 4) is 0 Å². The van der Waals surface area contributed by atoms with Crippen molar-refractivity contribution in [2.24, 2.45) is 12.8 Å². The van der Waals surface area contributed by atoms with E-state index < -0.39 is 5.91 Å². The van der Waals surface area contributed by atoms with Gasteiger partial charge in [-0.25, -0.2) is 14.6 Å². The summed E-state index contributed by atoms with van der Waals surface area (Å²) < 4.78 is 4.06. The summed E-state index contributed by atoms with van der Waals surface area (Å²) in [5.41, 5.74) is 7.46. The molecular formula is C17H14N8O2S2. The average Bonchev–Trinajstić information content (AvgIpc) is 3.45. The van der Waals surface area contributed by atoms with Gasteiger partial charge in [0.1, 0.15) is 21.2 Å². The van der Waals surface area contributed by atoms with Gasteiger partial charge in [0, 0.05) is 36.1 Å². The van der Waals surface area contributed by atoms with Crippen LogP contribution in [0.1, 0.15) is 26.2 Å². The Labute approximate surface area is 170 Å². The van der Waals surface area contributed by atoms with Crippen LogP contribution in [-0.4, -0.2) is 40.4 Å². The van der Waals surface area contributed by atoms with Crippen LogP contribution in [0.4, 0.5) is 0 Å². The van der Waals surface area contributed by atoms with Gasteiger partial charge in [-0.15, -0.1) is 22.7 Å². The molecule has 10 nitrogen and oxygen atoms in total. The number of fused-ring (bicyclic) bond motifs is 3. The van der Waals surface area contributed by atoms with Crippen molar-refractivity contribution in [3.05, 3.63) is 55.6 Å². The molecule has 5 rings (SSSR count). The molecule has 0 saturated heterocycles. The van der Waals surface area contributed by atoms with E-state index in [4.69, 9.17) is 10.7 Å². The minimum atomic E-state index is -0.595. The molecular weight excluding hydrogens is 412 g/mol. The van der Waals surface area contributed by atoms with Crippen molar-refractivity contribution in [2.75, 3.05) is 0 Å². The first-order valence-electron chi connectivity index (χ1n) is 8.57. The van der Waals surface area contributed by atoms with Crippen molar-refractivity contribution in [1.29, 1.82) is 0 Å². The third-order valence-electron chi connectivity index (χ3n) is 4.56. The highest BCUT2D eigenvalue weighted by atomic mass is 32.1. The fourth-order valence-corrected chi connectivity index (χ4v) is 5.08. The maximum atomic E-state index is 13.0. The van der Waals surface area contributed by atoms with Crippen molar-refractivity contribution >= 4 is 49.8 Å². The number of primary amides is 1. The maximum absolute atomic E-state index is 13.0. The van der Waals surface area contributed by atoms with Crippen molar-refractivity contribution < 1.29 is 4.79 Å². The number of aromatic nitrogens is 7. The Kier molecular flexibility index (Phi) is 4.03. The van der Waals surface area contributed by atoms with Crippen LogP contribution in [0.25, 0.3) is 21.3 Å². The zero-order valence-corrected chi connectivity index (χ0v) is 16.8. The van der Waals surface area contributed by atoms with Crippen molar-refractivity contribution in [3.63, 3.8) is 0 Å². The van der Waals surface area contributed by atoms with Gasteiger partial charge in [-0.2, -0.15) is 10.2 Å². The van der Waals surface area contributed by atoms with Gasteiger partial charge in [-0.3, -0.25) is 14.7 Å². The number of H-pyrrole nitrogens is 1. The Morgan fingerprint density at radius 2 is 2.17 bits per heavy atom. The molecule has 0 saturated carbocycles. The summed E-state index contributed by atoms with van der Waals surface area (Å²) in [7, 11) is 1.82. The number of hydrogen-bond donors (Lipinski definition) is 2. The van der Waals surface area contributed by atoms with Crippen LogP contribution < -0.4 is 11.3 Å². The summed E-state index contributed by atoms with van der Waals surface area (Å²) in [6.45, 7) is 0.171. The predicted molar refractivity (Wildman–Crippen MR) is 109 cm³/mol. The third-order valence-corrected chi connectivity index (χ3v) is 6.47. The number of carbonyl (C=O) groups excluding carboxylic acids is 1. The van der Waals surface area contributed by atoms with Crippen LogP contribution in [-0.2, 0) is 20.0 Å². The van der Waals surface area contributed by atoms with E-state index in [0.717, 1.165) is 26.4 Å². The first kappa shape index (κ1) is 17.7. The topological polar surface area (TPSA) is 137 Å². The molecule has 0 bridgehead atoms. The molecule has 5 aromatic rings. The first-order valence-corrected chi connectivity index (χ1v) is 10.3.